The molecule has 0 saturated heterocycles. The third kappa shape index (κ3) is 5.69. The number of rotatable bonds is 7. The zero-order chi connectivity index (χ0) is 21.5. The summed E-state index contributed by atoms with van der Waals surface area (Å²) in [5.74, 6) is -0.218. The zero-order valence-electron chi connectivity index (χ0n) is 17.6. The molecule has 0 atom stereocenters. The predicted molar refractivity (Wildman–Crippen MR) is 117 cm³/mol. The number of anilines is 1. The van der Waals surface area contributed by atoms with Crippen LogP contribution in [0.3, 0.4) is 0 Å². The quantitative estimate of drug-likeness (QED) is 0.691. The smallest absolute Gasteiger partial charge is 0.251 e. The summed E-state index contributed by atoms with van der Waals surface area (Å²) in [6.45, 7) is 5.52. The molecule has 2 aromatic carbocycles. The van der Waals surface area contributed by atoms with Crippen molar-refractivity contribution in [2.45, 2.75) is 39.7 Å². The first-order valence-corrected chi connectivity index (χ1v) is 10.5. The Hall–Kier alpha value is -3.15. The minimum Gasteiger partial charge on any atom is -0.352 e. The second-order valence-electron chi connectivity index (χ2n) is 7.91. The van der Waals surface area contributed by atoms with Gasteiger partial charge in [0, 0.05) is 43.2 Å². The molecule has 2 aromatic rings. The van der Waals surface area contributed by atoms with Gasteiger partial charge in [0.05, 0.1) is 0 Å². The molecule has 0 aromatic heterocycles. The van der Waals surface area contributed by atoms with Crippen molar-refractivity contribution in [2.24, 2.45) is 5.92 Å². The van der Waals surface area contributed by atoms with E-state index in [1.807, 2.05) is 30.9 Å². The van der Waals surface area contributed by atoms with Gasteiger partial charge >= 0.3 is 0 Å². The van der Waals surface area contributed by atoms with Crippen LogP contribution < -0.4 is 10.6 Å². The number of hydrogen-bond acceptors (Lipinski definition) is 3. The van der Waals surface area contributed by atoms with Crippen molar-refractivity contribution >= 4 is 23.4 Å². The average molecular weight is 408 g/mol. The van der Waals surface area contributed by atoms with E-state index in [2.05, 4.69) is 22.8 Å². The summed E-state index contributed by atoms with van der Waals surface area (Å²) in [4.78, 5) is 38.4. The predicted octanol–water partition coefficient (Wildman–Crippen LogP) is 3.38. The Kier molecular flexibility index (Phi) is 7.22. The van der Waals surface area contributed by atoms with Crippen LogP contribution in [0.25, 0.3) is 0 Å². The number of fused-ring (bicyclic) bond motifs is 1. The Morgan fingerprint density at radius 1 is 1.00 bits per heavy atom. The number of benzene rings is 2. The van der Waals surface area contributed by atoms with E-state index < -0.39 is 0 Å². The highest BCUT2D eigenvalue weighted by atomic mass is 16.2. The molecule has 0 radical (unpaired) electrons. The molecule has 0 fully saturated rings. The Balaban J connectivity index is 1.39. The van der Waals surface area contributed by atoms with Crippen molar-refractivity contribution in [1.82, 2.24) is 10.2 Å². The Bertz CT molecular complexity index is 906. The molecule has 158 valence electrons. The Labute approximate surface area is 177 Å². The second-order valence-corrected chi connectivity index (χ2v) is 7.91. The van der Waals surface area contributed by atoms with Crippen molar-refractivity contribution < 1.29 is 14.4 Å². The molecule has 0 saturated carbocycles. The van der Waals surface area contributed by atoms with Crippen molar-refractivity contribution in [2.75, 3.05) is 18.4 Å². The van der Waals surface area contributed by atoms with E-state index in [0.717, 1.165) is 13.0 Å². The molecule has 1 heterocycles. The van der Waals surface area contributed by atoms with Crippen molar-refractivity contribution in [3.05, 3.63) is 65.2 Å². The molecule has 6 heteroatoms. The molecule has 0 aliphatic carbocycles. The number of nitrogens with zero attached hydrogens (tertiary/aromatic N) is 1. The molecule has 3 amide bonds. The van der Waals surface area contributed by atoms with Gasteiger partial charge in [0.1, 0.15) is 0 Å². The van der Waals surface area contributed by atoms with E-state index >= 15 is 0 Å². The minimum absolute atomic E-state index is 0.0611. The summed E-state index contributed by atoms with van der Waals surface area (Å²) >= 11 is 0. The fourth-order valence-electron chi connectivity index (χ4n) is 3.40. The molecule has 6 nitrogen and oxygen atoms in total. The first-order valence-electron chi connectivity index (χ1n) is 10.5. The van der Waals surface area contributed by atoms with E-state index in [1.54, 1.807) is 24.3 Å². The molecule has 0 bridgehead atoms. The molecule has 2 N–H and O–H groups in total. The van der Waals surface area contributed by atoms with Gasteiger partial charge in [-0.2, -0.15) is 0 Å². The van der Waals surface area contributed by atoms with Crippen LogP contribution in [0.15, 0.2) is 48.5 Å². The number of carbonyl (C=O) groups excluding carboxylic acids is 3. The van der Waals surface area contributed by atoms with Gasteiger partial charge < -0.3 is 15.5 Å². The summed E-state index contributed by atoms with van der Waals surface area (Å²) in [6.07, 6.45) is 1.92. The van der Waals surface area contributed by atoms with Crippen LogP contribution in [0.1, 0.15) is 48.2 Å². The summed E-state index contributed by atoms with van der Waals surface area (Å²) in [6, 6.07) is 15.0. The van der Waals surface area contributed by atoms with Gasteiger partial charge in [0.15, 0.2) is 0 Å². The zero-order valence-corrected chi connectivity index (χ0v) is 17.6. The van der Waals surface area contributed by atoms with Crippen molar-refractivity contribution in [1.29, 1.82) is 0 Å². The van der Waals surface area contributed by atoms with E-state index in [0.29, 0.717) is 37.2 Å². The van der Waals surface area contributed by atoms with Crippen LogP contribution in [0.5, 0.6) is 0 Å². The summed E-state index contributed by atoms with van der Waals surface area (Å²) in [5, 5.41) is 5.65. The minimum atomic E-state index is -0.184. The van der Waals surface area contributed by atoms with Gasteiger partial charge in [-0.3, -0.25) is 14.4 Å². The fourth-order valence-corrected chi connectivity index (χ4v) is 3.40. The Morgan fingerprint density at radius 2 is 1.70 bits per heavy atom. The maximum Gasteiger partial charge on any atom is 0.251 e. The van der Waals surface area contributed by atoms with E-state index in [-0.39, 0.29) is 23.6 Å². The topological polar surface area (TPSA) is 78.5 Å². The van der Waals surface area contributed by atoms with Gasteiger partial charge in [-0.15, -0.1) is 0 Å². The highest BCUT2D eigenvalue weighted by molar-refractivity contribution is 5.96. The highest BCUT2D eigenvalue weighted by Gasteiger charge is 2.19. The molecule has 0 unspecified atom stereocenters. The van der Waals surface area contributed by atoms with E-state index in [1.165, 1.54) is 11.1 Å². The Morgan fingerprint density at radius 3 is 2.40 bits per heavy atom. The van der Waals surface area contributed by atoms with Crippen molar-refractivity contribution in [3.63, 3.8) is 0 Å². The molecule has 30 heavy (non-hydrogen) atoms. The van der Waals surface area contributed by atoms with Crippen LogP contribution >= 0.6 is 0 Å². The maximum absolute atomic E-state index is 12.5. The number of carbonyl (C=O) groups is 3. The lowest BCUT2D eigenvalue weighted by molar-refractivity contribution is -0.132. The normalized spacial score (nSPS) is 13.0. The lowest BCUT2D eigenvalue weighted by atomic mass is 9.99. The third-order valence-electron chi connectivity index (χ3n) is 5.28. The van der Waals surface area contributed by atoms with Gasteiger partial charge in [-0.25, -0.2) is 0 Å². The summed E-state index contributed by atoms with van der Waals surface area (Å²) < 4.78 is 0. The van der Waals surface area contributed by atoms with Crippen LogP contribution in [-0.4, -0.2) is 35.7 Å². The van der Waals surface area contributed by atoms with Gasteiger partial charge in [0.25, 0.3) is 5.91 Å². The second kappa shape index (κ2) is 10.1. The lowest BCUT2D eigenvalue weighted by Gasteiger charge is -2.29. The first-order chi connectivity index (χ1) is 14.4. The van der Waals surface area contributed by atoms with Crippen molar-refractivity contribution in [3.8, 4) is 0 Å². The van der Waals surface area contributed by atoms with Gasteiger partial charge in [-0.05, 0) is 48.2 Å². The van der Waals surface area contributed by atoms with Crippen LogP contribution in [0.4, 0.5) is 5.69 Å². The number of amides is 3. The number of nitrogens with one attached hydrogen (secondary N) is 2. The standard InChI is InChI=1S/C24H29N3O3/c1-17(2)23(29)26-21-11-9-19(10-12-21)24(30)25-14-5-8-22(28)27-15-13-18-6-3-4-7-20(18)16-27/h3-4,6-7,9-12,17H,5,8,13-16H2,1-2H3,(H,25,30)(H,26,29). The number of hydrogen-bond donors (Lipinski definition) is 2. The largest absolute Gasteiger partial charge is 0.352 e. The molecule has 1 aliphatic rings. The lowest BCUT2D eigenvalue weighted by Crippen LogP contribution is -2.36. The summed E-state index contributed by atoms with van der Waals surface area (Å²) in [5.41, 5.74) is 3.73. The average Bonchev–Trinajstić information content (AvgIpc) is 2.76. The molecule has 3 rings (SSSR count). The van der Waals surface area contributed by atoms with E-state index in [4.69, 9.17) is 0 Å². The first kappa shape index (κ1) is 21.6. The van der Waals surface area contributed by atoms with Crippen LogP contribution in [0.2, 0.25) is 0 Å². The molecular formula is C24H29N3O3. The maximum atomic E-state index is 12.5. The SMILES string of the molecule is CC(C)C(=O)Nc1ccc(C(=O)NCCCC(=O)N2CCc3ccccc3C2)cc1. The fraction of sp³-hybridized carbons (Fsp3) is 0.375. The monoisotopic (exact) mass is 407 g/mol. The molecule has 1 aliphatic heterocycles. The van der Waals surface area contributed by atoms with Gasteiger partial charge in [0.2, 0.25) is 11.8 Å². The molecular weight excluding hydrogens is 378 g/mol. The van der Waals surface area contributed by atoms with Crippen LogP contribution in [-0.2, 0) is 22.6 Å². The molecule has 0 spiro atoms. The summed E-state index contributed by atoms with van der Waals surface area (Å²) in [7, 11) is 0. The van der Waals surface area contributed by atoms with Gasteiger partial charge in [-0.1, -0.05) is 38.1 Å². The third-order valence-corrected chi connectivity index (χ3v) is 5.28. The van der Waals surface area contributed by atoms with Crippen LogP contribution in [0, 0.1) is 5.92 Å². The highest BCUT2D eigenvalue weighted by Crippen LogP contribution is 2.19. The van der Waals surface area contributed by atoms with E-state index in [9.17, 15) is 14.4 Å².